The van der Waals surface area contributed by atoms with Gasteiger partial charge in [-0.15, -0.1) is 0 Å². The summed E-state index contributed by atoms with van der Waals surface area (Å²) in [6, 6.07) is 8.10. The predicted molar refractivity (Wildman–Crippen MR) is 105 cm³/mol. The number of amides is 2. The third-order valence-electron chi connectivity index (χ3n) is 5.94. The lowest BCUT2D eigenvalue weighted by atomic mass is 10.2. The second kappa shape index (κ2) is 8.93. The molecule has 1 saturated carbocycles. The van der Waals surface area contributed by atoms with Gasteiger partial charge in [0.2, 0.25) is 0 Å². The van der Waals surface area contributed by atoms with Crippen molar-refractivity contribution in [3.63, 3.8) is 0 Å². The molecule has 1 aromatic rings. The molecule has 6 heteroatoms. The van der Waals surface area contributed by atoms with Crippen LogP contribution in [0.2, 0.25) is 0 Å². The topological polar surface area (TPSA) is 54.0 Å². The third kappa shape index (κ3) is 4.74. The summed E-state index contributed by atoms with van der Waals surface area (Å²) in [5, 5.41) is 3.11. The van der Waals surface area contributed by atoms with Gasteiger partial charge in [-0.1, -0.05) is 12.1 Å². The van der Waals surface area contributed by atoms with Crippen molar-refractivity contribution < 1.29 is 14.3 Å². The molecule has 0 radical (unpaired) electrons. The largest absolute Gasteiger partial charge is 0.488 e. The highest BCUT2D eigenvalue weighted by Gasteiger charge is 2.31. The van der Waals surface area contributed by atoms with E-state index in [1.165, 1.54) is 12.8 Å². The number of hydrogen-bond acceptors (Lipinski definition) is 4. The number of ether oxygens (including phenoxy) is 2. The maximum atomic E-state index is 13.0. The van der Waals surface area contributed by atoms with E-state index in [-0.39, 0.29) is 18.2 Å². The zero-order chi connectivity index (χ0) is 18.5. The number of nitrogens with one attached hydrogen (secondary N) is 1. The second-order valence-corrected chi connectivity index (χ2v) is 7.85. The molecule has 1 atom stereocenters. The first kappa shape index (κ1) is 18.6. The fraction of sp³-hybridized carbons (Fsp3) is 0.667. The quantitative estimate of drug-likeness (QED) is 0.860. The lowest BCUT2D eigenvalue weighted by Gasteiger charge is -2.33. The normalized spacial score (nSPS) is 24.3. The molecule has 27 heavy (non-hydrogen) atoms. The highest BCUT2D eigenvalue weighted by atomic mass is 16.5. The Morgan fingerprint density at radius 2 is 1.85 bits per heavy atom. The summed E-state index contributed by atoms with van der Waals surface area (Å²) in [4.78, 5) is 17.4. The standard InChI is InChI=1S/C21H31N3O3/c25-21(24-11-5-6-17(24)16-23-12-14-26-15-13-23)22-19-9-3-4-10-20(19)27-18-7-1-2-8-18/h3-4,9-10,17-18H,1-2,5-8,11-16H2,(H,22,25). The summed E-state index contributed by atoms with van der Waals surface area (Å²) < 4.78 is 11.6. The van der Waals surface area contributed by atoms with Crippen LogP contribution >= 0.6 is 0 Å². The van der Waals surface area contributed by atoms with E-state index in [2.05, 4.69) is 10.2 Å². The zero-order valence-corrected chi connectivity index (χ0v) is 16.1. The van der Waals surface area contributed by atoms with Crippen LogP contribution < -0.4 is 10.1 Å². The minimum absolute atomic E-state index is 0.00627. The van der Waals surface area contributed by atoms with Crippen molar-refractivity contribution in [3.05, 3.63) is 24.3 Å². The number of rotatable bonds is 5. The fourth-order valence-electron chi connectivity index (χ4n) is 4.42. The van der Waals surface area contributed by atoms with Gasteiger partial charge in [0.15, 0.2) is 0 Å². The van der Waals surface area contributed by atoms with Crippen molar-refractivity contribution in [3.8, 4) is 5.75 Å². The minimum atomic E-state index is -0.00627. The van der Waals surface area contributed by atoms with Gasteiger partial charge < -0.3 is 19.7 Å². The molecule has 2 heterocycles. The van der Waals surface area contributed by atoms with E-state index >= 15 is 0 Å². The Morgan fingerprint density at radius 1 is 1.07 bits per heavy atom. The van der Waals surface area contributed by atoms with E-state index < -0.39 is 0 Å². The molecule has 6 nitrogen and oxygen atoms in total. The van der Waals surface area contributed by atoms with Crippen molar-refractivity contribution in [2.75, 3.05) is 44.7 Å². The molecule has 148 valence electrons. The monoisotopic (exact) mass is 373 g/mol. The Hall–Kier alpha value is -1.79. The molecular weight excluding hydrogens is 342 g/mol. The second-order valence-electron chi connectivity index (χ2n) is 7.85. The molecule has 1 aromatic carbocycles. The summed E-state index contributed by atoms with van der Waals surface area (Å²) >= 11 is 0. The zero-order valence-electron chi connectivity index (χ0n) is 16.1. The SMILES string of the molecule is O=C(Nc1ccccc1OC1CCCC1)N1CCCC1CN1CCOCC1. The number of carbonyl (C=O) groups excluding carboxylic acids is 1. The lowest BCUT2D eigenvalue weighted by Crippen LogP contribution is -2.47. The molecule has 0 bridgehead atoms. The van der Waals surface area contributed by atoms with Gasteiger partial charge >= 0.3 is 6.03 Å². The Morgan fingerprint density at radius 3 is 2.67 bits per heavy atom. The molecule has 1 N–H and O–H groups in total. The van der Waals surface area contributed by atoms with E-state index in [4.69, 9.17) is 9.47 Å². The van der Waals surface area contributed by atoms with E-state index in [0.29, 0.717) is 0 Å². The molecular formula is C21H31N3O3. The Bertz CT molecular complexity index is 627. The van der Waals surface area contributed by atoms with Crippen LogP contribution in [0.25, 0.3) is 0 Å². The first-order valence-electron chi connectivity index (χ1n) is 10.4. The van der Waals surface area contributed by atoms with Gasteiger partial charge in [0.05, 0.1) is 25.0 Å². The van der Waals surface area contributed by atoms with Gasteiger partial charge in [-0.2, -0.15) is 0 Å². The molecule has 2 saturated heterocycles. The van der Waals surface area contributed by atoms with Gasteiger partial charge in [0.1, 0.15) is 5.75 Å². The molecule has 3 fully saturated rings. The third-order valence-corrected chi connectivity index (χ3v) is 5.94. The van der Waals surface area contributed by atoms with Gasteiger partial charge in [-0.25, -0.2) is 4.79 Å². The van der Waals surface area contributed by atoms with Crippen LogP contribution in [0.5, 0.6) is 5.75 Å². The van der Waals surface area contributed by atoms with Gasteiger partial charge in [-0.3, -0.25) is 4.90 Å². The van der Waals surface area contributed by atoms with Crippen molar-refractivity contribution in [2.24, 2.45) is 0 Å². The van der Waals surface area contributed by atoms with E-state index in [0.717, 1.165) is 76.5 Å². The van der Waals surface area contributed by atoms with Crippen molar-refractivity contribution >= 4 is 11.7 Å². The van der Waals surface area contributed by atoms with Crippen LogP contribution in [0.15, 0.2) is 24.3 Å². The number of carbonyl (C=O) groups is 1. The average molecular weight is 373 g/mol. The molecule has 0 spiro atoms. The van der Waals surface area contributed by atoms with Crippen molar-refractivity contribution in [2.45, 2.75) is 50.7 Å². The molecule has 2 aliphatic heterocycles. The first-order chi connectivity index (χ1) is 13.3. The first-order valence-corrected chi connectivity index (χ1v) is 10.4. The van der Waals surface area contributed by atoms with Gasteiger partial charge in [0.25, 0.3) is 0 Å². The average Bonchev–Trinajstić information content (AvgIpc) is 3.36. The smallest absolute Gasteiger partial charge is 0.322 e. The Kier molecular flexibility index (Phi) is 6.14. The number of anilines is 1. The molecule has 2 amide bonds. The van der Waals surface area contributed by atoms with Crippen LogP contribution in [0.4, 0.5) is 10.5 Å². The van der Waals surface area contributed by atoms with E-state index in [1.807, 2.05) is 29.2 Å². The highest BCUT2D eigenvalue weighted by molar-refractivity contribution is 5.91. The molecule has 3 aliphatic rings. The number of likely N-dealkylation sites (tertiary alicyclic amines) is 1. The van der Waals surface area contributed by atoms with E-state index in [9.17, 15) is 4.79 Å². The summed E-state index contributed by atoms with van der Waals surface area (Å²) in [6.45, 7) is 5.28. The number of morpholine rings is 1. The summed E-state index contributed by atoms with van der Waals surface area (Å²) in [7, 11) is 0. The van der Waals surface area contributed by atoms with Crippen LogP contribution in [0, 0.1) is 0 Å². The van der Waals surface area contributed by atoms with Gasteiger partial charge in [-0.05, 0) is 50.7 Å². The summed E-state index contributed by atoms with van der Waals surface area (Å²) in [6.07, 6.45) is 7.11. The summed E-state index contributed by atoms with van der Waals surface area (Å²) in [5.74, 6) is 0.793. The van der Waals surface area contributed by atoms with E-state index in [1.54, 1.807) is 0 Å². The molecule has 1 unspecified atom stereocenters. The fourth-order valence-corrected chi connectivity index (χ4v) is 4.42. The summed E-state index contributed by atoms with van der Waals surface area (Å²) in [5.41, 5.74) is 0.784. The minimum Gasteiger partial charge on any atom is -0.488 e. The van der Waals surface area contributed by atoms with Crippen LogP contribution in [0.3, 0.4) is 0 Å². The predicted octanol–water partition coefficient (Wildman–Crippen LogP) is 3.34. The van der Waals surface area contributed by atoms with Gasteiger partial charge in [0, 0.05) is 32.2 Å². The number of benzene rings is 1. The molecule has 1 aliphatic carbocycles. The lowest BCUT2D eigenvalue weighted by molar-refractivity contribution is 0.0296. The number of para-hydroxylation sites is 2. The molecule has 0 aromatic heterocycles. The van der Waals surface area contributed by atoms with Crippen LogP contribution in [0.1, 0.15) is 38.5 Å². The number of nitrogens with zero attached hydrogens (tertiary/aromatic N) is 2. The molecule has 4 rings (SSSR count). The van der Waals surface area contributed by atoms with Crippen LogP contribution in [-0.2, 0) is 4.74 Å². The number of hydrogen-bond donors (Lipinski definition) is 1. The van der Waals surface area contributed by atoms with Crippen molar-refractivity contribution in [1.82, 2.24) is 9.80 Å². The van der Waals surface area contributed by atoms with Crippen LogP contribution in [-0.4, -0.2) is 67.4 Å². The highest BCUT2D eigenvalue weighted by Crippen LogP contribution is 2.30. The van der Waals surface area contributed by atoms with Crippen molar-refractivity contribution in [1.29, 1.82) is 0 Å². The number of urea groups is 1. The Labute approximate surface area is 161 Å². The maximum Gasteiger partial charge on any atom is 0.322 e. The maximum absolute atomic E-state index is 13.0. The Balaban J connectivity index is 1.37.